The van der Waals surface area contributed by atoms with E-state index in [0.29, 0.717) is 5.92 Å². The molecule has 13 heavy (non-hydrogen) atoms. The minimum atomic E-state index is -0.206. The molecule has 4 nitrogen and oxygen atoms in total. The Morgan fingerprint density at radius 2 is 2.54 bits per heavy atom. The van der Waals surface area contributed by atoms with Crippen LogP contribution in [0.2, 0.25) is 0 Å². The van der Waals surface area contributed by atoms with Gasteiger partial charge in [-0.05, 0) is 12.5 Å². The summed E-state index contributed by atoms with van der Waals surface area (Å²) >= 11 is 0. The second-order valence-electron chi connectivity index (χ2n) is 3.67. The molecule has 72 valence electrons. The average molecular weight is 181 g/mol. The lowest BCUT2D eigenvalue weighted by Gasteiger charge is -2.10. The van der Waals surface area contributed by atoms with Crippen molar-refractivity contribution in [1.82, 2.24) is 15.1 Å². The molecule has 1 aliphatic heterocycles. The average Bonchev–Trinajstić information content (AvgIpc) is 2.64. The van der Waals surface area contributed by atoms with Crippen molar-refractivity contribution in [3.05, 3.63) is 18.0 Å². The smallest absolute Gasteiger partial charge is 0.0708 e. The Hall–Kier alpha value is -0.870. The van der Waals surface area contributed by atoms with E-state index in [0.717, 1.165) is 25.2 Å². The molecule has 1 saturated heterocycles. The minimum absolute atomic E-state index is 0.206. The molecule has 1 fully saturated rings. The summed E-state index contributed by atoms with van der Waals surface area (Å²) in [4.78, 5) is 0. The van der Waals surface area contributed by atoms with E-state index in [-0.39, 0.29) is 6.10 Å². The predicted octanol–water partition coefficient (Wildman–Crippen LogP) is -0.457. The highest BCUT2D eigenvalue weighted by Crippen LogP contribution is 2.14. The van der Waals surface area contributed by atoms with E-state index in [2.05, 4.69) is 10.4 Å². The number of rotatable bonds is 2. The zero-order valence-electron chi connectivity index (χ0n) is 7.77. The predicted molar refractivity (Wildman–Crippen MR) is 49.3 cm³/mol. The fourth-order valence-electron chi connectivity index (χ4n) is 1.77. The molecule has 0 spiro atoms. The first-order chi connectivity index (χ1) is 6.25. The second kappa shape index (κ2) is 3.47. The highest BCUT2D eigenvalue weighted by atomic mass is 16.3. The topological polar surface area (TPSA) is 50.1 Å². The molecule has 2 heterocycles. The molecule has 1 aromatic heterocycles. The number of β-amino-alcohol motifs (C(OH)–C–C–N with tert-alkyl or cyclic N) is 1. The summed E-state index contributed by atoms with van der Waals surface area (Å²) in [6.45, 7) is 1.62. The van der Waals surface area contributed by atoms with Gasteiger partial charge in [0.15, 0.2) is 0 Å². The summed E-state index contributed by atoms with van der Waals surface area (Å²) in [6, 6.07) is 2.00. The molecule has 0 saturated carbocycles. The lowest BCUT2D eigenvalue weighted by Crippen LogP contribution is -2.20. The van der Waals surface area contributed by atoms with Gasteiger partial charge in [-0.25, -0.2) is 0 Å². The maximum absolute atomic E-state index is 9.56. The summed E-state index contributed by atoms with van der Waals surface area (Å²) in [5.41, 5.74) is 1.07. The van der Waals surface area contributed by atoms with Crippen LogP contribution in [0.25, 0.3) is 0 Å². The van der Waals surface area contributed by atoms with Gasteiger partial charge in [-0.3, -0.25) is 4.68 Å². The van der Waals surface area contributed by atoms with Crippen LogP contribution in [0.1, 0.15) is 5.69 Å². The highest BCUT2D eigenvalue weighted by Gasteiger charge is 2.25. The van der Waals surface area contributed by atoms with Crippen LogP contribution in [0.5, 0.6) is 0 Å². The standard InChI is InChI=1S/C9H15N3O/c1-12-3-2-8(11-12)4-7-5-10-6-9(7)13/h2-3,7,9-10,13H,4-6H2,1H3/t7-,9-/m1/s1. The van der Waals surface area contributed by atoms with E-state index in [9.17, 15) is 5.11 Å². The number of aryl methyl sites for hydroxylation is 1. The second-order valence-corrected chi connectivity index (χ2v) is 3.67. The van der Waals surface area contributed by atoms with E-state index < -0.39 is 0 Å². The fourth-order valence-corrected chi connectivity index (χ4v) is 1.77. The summed E-state index contributed by atoms with van der Waals surface area (Å²) in [5, 5.41) is 17.0. The number of nitrogens with one attached hydrogen (secondary N) is 1. The van der Waals surface area contributed by atoms with Gasteiger partial charge in [-0.15, -0.1) is 0 Å². The molecule has 0 aliphatic carbocycles. The van der Waals surface area contributed by atoms with Crippen LogP contribution in [0.4, 0.5) is 0 Å². The molecule has 4 heteroatoms. The summed E-state index contributed by atoms with van der Waals surface area (Å²) in [5.74, 6) is 0.329. The first-order valence-corrected chi connectivity index (χ1v) is 4.63. The van der Waals surface area contributed by atoms with Gasteiger partial charge in [0.2, 0.25) is 0 Å². The van der Waals surface area contributed by atoms with E-state index in [1.807, 2.05) is 19.3 Å². The van der Waals surface area contributed by atoms with Crippen LogP contribution in [0, 0.1) is 5.92 Å². The van der Waals surface area contributed by atoms with E-state index in [1.165, 1.54) is 0 Å². The van der Waals surface area contributed by atoms with Crippen molar-refractivity contribution in [1.29, 1.82) is 0 Å². The van der Waals surface area contributed by atoms with E-state index >= 15 is 0 Å². The third kappa shape index (κ3) is 1.89. The van der Waals surface area contributed by atoms with Crippen molar-refractivity contribution in [3.8, 4) is 0 Å². The van der Waals surface area contributed by atoms with E-state index in [1.54, 1.807) is 4.68 Å². The maximum Gasteiger partial charge on any atom is 0.0708 e. The van der Waals surface area contributed by atoms with Crippen molar-refractivity contribution >= 4 is 0 Å². The molecule has 0 radical (unpaired) electrons. The minimum Gasteiger partial charge on any atom is -0.391 e. The number of aromatic nitrogens is 2. The molecule has 0 bridgehead atoms. The molecule has 0 aromatic carbocycles. The zero-order valence-corrected chi connectivity index (χ0v) is 7.77. The lowest BCUT2D eigenvalue weighted by molar-refractivity contribution is 0.147. The maximum atomic E-state index is 9.56. The summed E-state index contributed by atoms with van der Waals surface area (Å²) < 4.78 is 1.80. The van der Waals surface area contributed by atoms with Gasteiger partial charge in [0.05, 0.1) is 11.8 Å². The van der Waals surface area contributed by atoms with Crippen LogP contribution < -0.4 is 5.32 Å². The SMILES string of the molecule is Cn1ccc(C[C@@H]2CNC[C@H]2O)n1. The monoisotopic (exact) mass is 181 g/mol. The summed E-state index contributed by atoms with van der Waals surface area (Å²) in [7, 11) is 1.91. The van der Waals surface area contributed by atoms with Crippen molar-refractivity contribution in [2.45, 2.75) is 12.5 Å². The Bertz CT molecular complexity index is 284. The molecule has 1 aromatic rings. The Balaban J connectivity index is 1.97. The Morgan fingerprint density at radius 3 is 3.08 bits per heavy atom. The van der Waals surface area contributed by atoms with Crippen LogP contribution in [-0.4, -0.2) is 34.1 Å². The third-order valence-corrected chi connectivity index (χ3v) is 2.54. The van der Waals surface area contributed by atoms with Gasteiger partial charge in [-0.1, -0.05) is 0 Å². The molecule has 2 atom stereocenters. The number of aliphatic hydroxyl groups excluding tert-OH is 1. The number of aliphatic hydroxyl groups is 1. The third-order valence-electron chi connectivity index (χ3n) is 2.54. The zero-order chi connectivity index (χ0) is 9.26. The van der Waals surface area contributed by atoms with E-state index in [4.69, 9.17) is 0 Å². The largest absolute Gasteiger partial charge is 0.391 e. The Kier molecular flexibility index (Phi) is 2.33. The van der Waals surface area contributed by atoms with Gasteiger partial charge < -0.3 is 10.4 Å². The van der Waals surface area contributed by atoms with Crippen LogP contribution >= 0.6 is 0 Å². The van der Waals surface area contributed by atoms with Crippen LogP contribution in [-0.2, 0) is 13.5 Å². The van der Waals surface area contributed by atoms with Gasteiger partial charge in [0.25, 0.3) is 0 Å². The van der Waals surface area contributed by atoms with Crippen LogP contribution in [0.15, 0.2) is 12.3 Å². The highest BCUT2D eigenvalue weighted by molar-refractivity contribution is 5.02. The number of hydrogen-bond acceptors (Lipinski definition) is 3. The number of nitrogens with zero attached hydrogens (tertiary/aromatic N) is 2. The first kappa shape index (κ1) is 8.72. The van der Waals surface area contributed by atoms with Gasteiger partial charge in [0.1, 0.15) is 0 Å². The normalized spacial score (nSPS) is 28.2. The van der Waals surface area contributed by atoms with Crippen LogP contribution in [0.3, 0.4) is 0 Å². The Labute approximate surface area is 77.6 Å². The summed E-state index contributed by atoms with van der Waals surface area (Å²) in [6.07, 6.45) is 2.60. The Morgan fingerprint density at radius 1 is 1.69 bits per heavy atom. The van der Waals surface area contributed by atoms with Crippen molar-refractivity contribution in [2.75, 3.05) is 13.1 Å². The van der Waals surface area contributed by atoms with Crippen molar-refractivity contribution < 1.29 is 5.11 Å². The molecular formula is C9H15N3O. The van der Waals surface area contributed by atoms with Gasteiger partial charge >= 0.3 is 0 Å². The van der Waals surface area contributed by atoms with Crippen molar-refractivity contribution in [2.24, 2.45) is 13.0 Å². The van der Waals surface area contributed by atoms with Gasteiger partial charge in [0, 0.05) is 32.3 Å². The fraction of sp³-hybridized carbons (Fsp3) is 0.667. The number of hydrogen-bond donors (Lipinski definition) is 2. The quantitative estimate of drug-likeness (QED) is 0.649. The van der Waals surface area contributed by atoms with Gasteiger partial charge in [-0.2, -0.15) is 5.10 Å². The van der Waals surface area contributed by atoms with Crippen molar-refractivity contribution in [3.63, 3.8) is 0 Å². The first-order valence-electron chi connectivity index (χ1n) is 4.63. The lowest BCUT2D eigenvalue weighted by atomic mass is 10.0. The molecule has 2 N–H and O–H groups in total. The molecular weight excluding hydrogens is 166 g/mol. The molecule has 0 amide bonds. The molecule has 2 rings (SSSR count). The molecule has 1 aliphatic rings. The molecule has 0 unspecified atom stereocenters.